The number of rotatable bonds is 7. The van der Waals surface area contributed by atoms with Gasteiger partial charge in [-0.05, 0) is 24.3 Å². The summed E-state index contributed by atoms with van der Waals surface area (Å²) in [5.74, 6) is -1.14. The van der Waals surface area contributed by atoms with Crippen molar-refractivity contribution in [2.24, 2.45) is 0 Å². The van der Waals surface area contributed by atoms with E-state index in [1.165, 1.54) is 12.5 Å². The number of amides is 1. The molecule has 0 aromatic carbocycles. The molecule has 2 N–H and O–H groups in total. The molecule has 1 saturated carbocycles. The number of carbonyl (C=O) groups is 2. The van der Waals surface area contributed by atoms with Crippen LogP contribution in [0.2, 0.25) is 0 Å². The molecule has 0 unspecified atom stereocenters. The normalized spacial score (nSPS) is 16.0. The summed E-state index contributed by atoms with van der Waals surface area (Å²) in [5.41, 5.74) is 0. The summed E-state index contributed by atoms with van der Waals surface area (Å²) in [6.45, 7) is -0.896. The number of hydrogen-bond acceptors (Lipinski definition) is 6. The molecule has 128 valence electrons. The third-order valence-corrected chi connectivity index (χ3v) is 6.30. The van der Waals surface area contributed by atoms with Crippen LogP contribution in [0.5, 0.6) is 0 Å². The topological polar surface area (TPSA) is 102 Å². The van der Waals surface area contributed by atoms with Crippen molar-refractivity contribution in [3.8, 4) is 0 Å². The minimum absolute atomic E-state index is 0.125. The van der Waals surface area contributed by atoms with E-state index in [0.29, 0.717) is 0 Å². The van der Waals surface area contributed by atoms with E-state index < -0.39 is 29.1 Å². The highest BCUT2D eigenvalue weighted by Gasteiger charge is 2.19. The van der Waals surface area contributed by atoms with Gasteiger partial charge in [-0.25, -0.2) is 8.42 Å². The van der Waals surface area contributed by atoms with Crippen molar-refractivity contribution in [2.75, 3.05) is 13.2 Å². The Morgan fingerprint density at radius 1 is 1.26 bits per heavy atom. The van der Waals surface area contributed by atoms with Crippen LogP contribution in [0.1, 0.15) is 32.1 Å². The zero-order chi connectivity index (χ0) is 16.7. The third kappa shape index (κ3) is 5.92. The lowest BCUT2D eigenvalue weighted by Gasteiger charge is -2.22. The van der Waals surface area contributed by atoms with E-state index in [1.54, 1.807) is 11.4 Å². The van der Waals surface area contributed by atoms with E-state index >= 15 is 0 Å². The fourth-order valence-corrected chi connectivity index (χ4v) is 4.36. The molecule has 0 aliphatic heterocycles. The van der Waals surface area contributed by atoms with Gasteiger partial charge in [0.05, 0.1) is 0 Å². The number of carbonyl (C=O) groups excluding carboxylic acids is 2. The summed E-state index contributed by atoms with van der Waals surface area (Å²) in [7, 11) is -3.71. The molecule has 0 atom stereocenters. The number of ether oxygens (including phenoxy) is 1. The van der Waals surface area contributed by atoms with E-state index in [0.717, 1.165) is 37.0 Å². The summed E-state index contributed by atoms with van der Waals surface area (Å²) in [6.07, 6.45) is 5.26. The zero-order valence-electron chi connectivity index (χ0n) is 12.6. The molecule has 7 nitrogen and oxygen atoms in total. The van der Waals surface area contributed by atoms with E-state index in [-0.39, 0.29) is 16.2 Å². The average molecular weight is 360 g/mol. The van der Waals surface area contributed by atoms with E-state index in [2.05, 4.69) is 10.0 Å². The SMILES string of the molecule is O=C(COC(=O)CNS(=O)(=O)c1cccs1)NC1CCCCC1. The number of esters is 1. The molecule has 1 aromatic rings. The molecule has 1 fully saturated rings. The van der Waals surface area contributed by atoms with Gasteiger partial charge >= 0.3 is 5.97 Å². The maximum Gasteiger partial charge on any atom is 0.321 e. The van der Waals surface area contributed by atoms with Gasteiger partial charge in [0.15, 0.2) is 6.61 Å². The van der Waals surface area contributed by atoms with Gasteiger partial charge in [0.2, 0.25) is 0 Å². The quantitative estimate of drug-likeness (QED) is 0.707. The lowest BCUT2D eigenvalue weighted by molar-refractivity contribution is -0.147. The van der Waals surface area contributed by atoms with Crippen LogP contribution >= 0.6 is 11.3 Å². The van der Waals surface area contributed by atoms with Gasteiger partial charge in [0.25, 0.3) is 15.9 Å². The second-order valence-electron chi connectivity index (χ2n) is 5.32. The average Bonchev–Trinajstić information content (AvgIpc) is 3.07. The molecule has 0 radical (unpaired) electrons. The Labute approximate surface area is 139 Å². The Morgan fingerprint density at radius 3 is 2.65 bits per heavy atom. The molecule has 23 heavy (non-hydrogen) atoms. The van der Waals surface area contributed by atoms with Gasteiger partial charge < -0.3 is 10.1 Å². The van der Waals surface area contributed by atoms with Crippen LogP contribution < -0.4 is 10.0 Å². The first kappa shape index (κ1) is 17.9. The summed E-state index contributed by atoms with van der Waals surface area (Å²) in [5, 5.41) is 4.44. The minimum atomic E-state index is -3.71. The Bertz CT molecular complexity index is 622. The van der Waals surface area contributed by atoms with Crippen LogP contribution in [-0.2, 0) is 24.3 Å². The molecule has 1 amide bonds. The van der Waals surface area contributed by atoms with E-state index in [9.17, 15) is 18.0 Å². The van der Waals surface area contributed by atoms with Crippen LogP contribution in [0.25, 0.3) is 0 Å². The lowest BCUT2D eigenvalue weighted by atomic mass is 9.95. The Balaban J connectivity index is 1.67. The molecule has 0 bridgehead atoms. The number of sulfonamides is 1. The third-order valence-electron chi connectivity index (χ3n) is 3.50. The standard InChI is InChI=1S/C14H20N2O5S2/c17-12(16-11-5-2-1-3-6-11)10-21-13(18)9-15-23(19,20)14-7-4-8-22-14/h4,7-8,11,15H,1-3,5-6,9-10H2,(H,16,17). The molecule has 0 saturated heterocycles. The van der Waals surface area contributed by atoms with E-state index in [1.807, 2.05) is 0 Å². The van der Waals surface area contributed by atoms with Crippen LogP contribution in [0.15, 0.2) is 21.7 Å². The lowest BCUT2D eigenvalue weighted by Crippen LogP contribution is -2.39. The van der Waals surface area contributed by atoms with Gasteiger partial charge in [-0.3, -0.25) is 9.59 Å². The highest BCUT2D eigenvalue weighted by atomic mass is 32.2. The first-order valence-electron chi connectivity index (χ1n) is 7.45. The van der Waals surface area contributed by atoms with Crippen molar-refractivity contribution in [1.82, 2.24) is 10.0 Å². The molecule has 1 heterocycles. The summed E-state index contributed by atoms with van der Waals surface area (Å²) in [4.78, 5) is 23.2. The first-order valence-corrected chi connectivity index (χ1v) is 9.82. The van der Waals surface area contributed by atoms with Crippen LogP contribution in [-0.4, -0.2) is 39.5 Å². The van der Waals surface area contributed by atoms with Crippen molar-refractivity contribution in [3.63, 3.8) is 0 Å². The maximum absolute atomic E-state index is 11.8. The molecular formula is C14H20N2O5S2. The van der Waals surface area contributed by atoms with Crippen LogP contribution in [0.3, 0.4) is 0 Å². The second-order valence-corrected chi connectivity index (χ2v) is 8.26. The van der Waals surface area contributed by atoms with Crippen LogP contribution in [0.4, 0.5) is 0 Å². The van der Waals surface area contributed by atoms with Crippen molar-refractivity contribution < 1.29 is 22.7 Å². The fraction of sp³-hybridized carbons (Fsp3) is 0.571. The largest absolute Gasteiger partial charge is 0.455 e. The van der Waals surface area contributed by atoms with Crippen molar-refractivity contribution in [1.29, 1.82) is 0 Å². The van der Waals surface area contributed by atoms with Crippen molar-refractivity contribution in [2.45, 2.75) is 42.4 Å². The Hall–Kier alpha value is -1.45. The summed E-state index contributed by atoms with van der Waals surface area (Å²) >= 11 is 1.05. The summed E-state index contributed by atoms with van der Waals surface area (Å²) < 4.78 is 30.7. The minimum Gasteiger partial charge on any atom is -0.455 e. The zero-order valence-corrected chi connectivity index (χ0v) is 14.2. The van der Waals surface area contributed by atoms with Crippen molar-refractivity contribution >= 4 is 33.2 Å². The Kier molecular flexibility index (Phi) is 6.55. The molecular weight excluding hydrogens is 340 g/mol. The number of hydrogen-bond donors (Lipinski definition) is 2. The molecule has 0 spiro atoms. The first-order chi connectivity index (χ1) is 11.0. The smallest absolute Gasteiger partial charge is 0.321 e. The van der Waals surface area contributed by atoms with Gasteiger partial charge in [-0.15, -0.1) is 11.3 Å². The second kappa shape index (κ2) is 8.42. The Morgan fingerprint density at radius 2 is 2.00 bits per heavy atom. The van der Waals surface area contributed by atoms with Gasteiger partial charge in [0, 0.05) is 6.04 Å². The van der Waals surface area contributed by atoms with Crippen molar-refractivity contribution in [3.05, 3.63) is 17.5 Å². The fourth-order valence-electron chi connectivity index (χ4n) is 2.35. The van der Waals surface area contributed by atoms with Gasteiger partial charge in [-0.2, -0.15) is 4.72 Å². The number of thiophene rings is 1. The predicted octanol–water partition coefficient (Wildman–Crippen LogP) is 1.02. The van der Waals surface area contributed by atoms with E-state index in [4.69, 9.17) is 4.74 Å². The number of nitrogens with one attached hydrogen (secondary N) is 2. The molecule has 9 heteroatoms. The molecule has 1 aliphatic carbocycles. The van der Waals surface area contributed by atoms with Crippen LogP contribution in [0, 0.1) is 0 Å². The highest BCUT2D eigenvalue weighted by molar-refractivity contribution is 7.91. The predicted molar refractivity (Wildman–Crippen MR) is 85.5 cm³/mol. The molecule has 1 aromatic heterocycles. The molecule has 2 rings (SSSR count). The van der Waals surface area contributed by atoms with Gasteiger partial charge in [0.1, 0.15) is 10.8 Å². The summed E-state index contributed by atoms with van der Waals surface area (Å²) in [6, 6.07) is 3.19. The monoisotopic (exact) mass is 360 g/mol. The highest BCUT2D eigenvalue weighted by Crippen LogP contribution is 2.17. The molecule has 1 aliphatic rings. The maximum atomic E-state index is 11.8. The van der Waals surface area contributed by atoms with Gasteiger partial charge in [-0.1, -0.05) is 25.3 Å².